The normalized spacial score (nSPS) is 18.8. The minimum Gasteiger partial charge on any atom is -0.370 e. The molecule has 2 aliphatic rings. The summed E-state index contributed by atoms with van der Waals surface area (Å²) in [4.78, 5) is 2.39. The topological polar surface area (TPSA) is 74.6 Å². The van der Waals surface area contributed by atoms with Crippen LogP contribution in [0.15, 0.2) is 24.4 Å². The summed E-state index contributed by atoms with van der Waals surface area (Å²) in [6.45, 7) is 6.21. The standard InChI is InChI=1S/C16H18FN3.CH4O3S/c1-3-19-14-5-4-11(17)8-13(14)12-6-7-20-10(2)18-9-15(20)16(12)19;1-5(2,3)4/h4-5,8-10,18H,3,6-7H2,1-2H3;1H3,(H,2,3,4). The van der Waals surface area contributed by atoms with Crippen molar-refractivity contribution in [2.24, 2.45) is 0 Å². The number of rotatable bonds is 1. The molecule has 1 atom stereocenters. The van der Waals surface area contributed by atoms with Crippen molar-refractivity contribution in [1.29, 1.82) is 0 Å². The molecule has 1 aromatic heterocycles. The molecule has 2 aliphatic heterocycles. The van der Waals surface area contributed by atoms with E-state index in [4.69, 9.17) is 4.55 Å². The molecule has 0 fully saturated rings. The summed E-state index contributed by atoms with van der Waals surface area (Å²) in [5.74, 6) is -0.150. The minimum absolute atomic E-state index is 0.150. The number of hydrogen-bond acceptors (Lipinski definition) is 4. The molecule has 2 aromatic rings. The highest BCUT2D eigenvalue weighted by atomic mass is 32.2. The summed E-state index contributed by atoms with van der Waals surface area (Å²) < 4.78 is 41.8. The maximum atomic E-state index is 13.6. The molecule has 4 rings (SSSR count). The molecule has 0 aliphatic carbocycles. The first-order valence-corrected chi connectivity index (χ1v) is 10.0. The van der Waals surface area contributed by atoms with E-state index >= 15 is 0 Å². The van der Waals surface area contributed by atoms with Crippen LogP contribution in [0.2, 0.25) is 0 Å². The number of hydrogen-bond donors (Lipinski definition) is 2. The number of aromatic nitrogens is 1. The Balaban J connectivity index is 0.000000324. The van der Waals surface area contributed by atoms with Crippen molar-refractivity contribution in [1.82, 2.24) is 14.8 Å². The van der Waals surface area contributed by atoms with Crippen molar-refractivity contribution in [3.63, 3.8) is 0 Å². The second kappa shape index (κ2) is 6.34. The van der Waals surface area contributed by atoms with Crippen molar-refractivity contribution in [2.45, 2.75) is 33.0 Å². The maximum absolute atomic E-state index is 13.6. The Kier molecular flexibility index (Phi) is 4.51. The fourth-order valence-corrected chi connectivity index (χ4v) is 3.60. The highest BCUT2D eigenvalue weighted by Crippen LogP contribution is 2.38. The highest BCUT2D eigenvalue weighted by molar-refractivity contribution is 7.85. The van der Waals surface area contributed by atoms with Crippen LogP contribution in [-0.2, 0) is 23.1 Å². The second-order valence-corrected chi connectivity index (χ2v) is 7.75. The monoisotopic (exact) mass is 367 g/mol. The molecule has 6 nitrogen and oxygen atoms in total. The van der Waals surface area contributed by atoms with Gasteiger partial charge < -0.3 is 14.8 Å². The smallest absolute Gasteiger partial charge is 0.261 e. The van der Waals surface area contributed by atoms with E-state index in [1.54, 1.807) is 12.1 Å². The molecule has 0 amide bonds. The summed E-state index contributed by atoms with van der Waals surface area (Å²) >= 11 is 0. The first kappa shape index (κ1) is 17.8. The maximum Gasteiger partial charge on any atom is 0.261 e. The van der Waals surface area contributed by atoms with Crippen LogP contribution in [0.3, 0.4) is 0 Å². The van der Waals surface area contributed by atoms with E-state index in [-0.39, 0.29) is 5.82 Å². The van der Waals surface area contributed by atoms with E-state index in [1.807, 2.05) is 6.07 Å². The van der Waals surface area contributed by atoms with Gasteiger partial charge in [0, 0.05) is 30.2 Å². The molecule has 1 unspecified atom stereocenters. The molecule has 0 saturated carbocycles. The van der Waals surface area contributed by atoms with Crippen molar-refractivity contribution < 1.29 is 17.4 Å². The van der Waals surface area contributed by atoms with Crippen LogP contribution in [0, 0.1) is 5.82 Å². The van der Waals surface area contributed by atoms with Gasteiger partial charge in [-0.3, -0.25) is 4.55 Å². The Morgan fingerprint density at radius 2 is 2.08 bits per heavy atom. The van der Waals surface area contributed by atoms with E-state index in [2.05, 4.69) is 34.8 Å². The van der Waals surface area contributed by atoms with Gasteiger partial charge in [0.15, 0.2) is 0 Å². The van der Waals surface area contributed by atoms with Gasteiger partial charge in [0.25, 0.3) is 10.1 Å². The van der Waals surface area contributed by atoms with Gasteiger partial charge in [-0.05, 0) is 44.0 Å². The third kappa shape index (κ3) is 3.36. The first-order valence-electron chi connectivity index (χ1n) is 8.17. The molecule has 0 radical (unpaired) electrons. The quantitative estimate of drug-likeness (QED) is 0.757. The third-order valence-corrected chi connectivity index (χ3v) is 4.53. The average Bonchev–Trinajstić information content (AvgIpc) is 3.03. The number of fused-ring (bicyclic) bond motifs is 5. The van der Waals surface area contributed by atoms with Crippen LogP contribution < -0.4 is 5.32 Å². The second-order valence-electron chi connectivity index (χ2n) is 6.28. The lowest BCUT2D eigenvalue weighted by atomic mass is 10.0. The molecular formula is C17H22FN3O3S. The largest absolute Gasteiger partial charge is 0.370 e. The molecule has 0 saturated heterocycles. The number of nitrogens with zero attached hydrogens (tertiary/aromatic N) is 2. The molecule has 3 heterocycles. The molecule has 8 heteroatoms. The lowest BCUT2D eigenvalue weighted by Crippen LogP contribution is -2.37. The molecule has 25 heavy (non-hydrogen) atoms. The van der Waals surface area contributed by atoms with Gasteiger partial charge >= 0.3 is 0 Å². The summed E-state index contributed by atoms with van der Waals surface area (Å²) in [5.41, 5.74) is 4.94. The Labute approximate surface area is 146 Å². The minimum atomic E-state index is -3.67. The Morgan fingerprint density at radius 1 is 1.40 bits per heavy atom. The summed E-state index contributed by atoms with van der Waals surface area (Å²) in [7, 11) is -3.67. The van der Waals surface area contributed by atoms with E-state index in [0.717, 1.165) is 30.4 Å². The van der Waals surface area contributed by atoms with Crippen molar-refractivity contribution in [3.8, 4) is 0 Å². The average molecular weight is 367 g/mol. The predicted molar refractivity (Wildman–Crippen MR) is 96.0 cm³/mol. The zero-order chi connectivity index (χ0) is 18.4. The number of aryl methyl sites for hydroxylation is 1. The molecule has 0 spiro atoms. The lowest BCUT2D eigenvalue weighted by Gasteiger charge is -2.31. The van der Waals surface area contributed by atoms with Gasteiger partial charge in [-0.2, -0.15) is 8.42 Å². The number of nitrogens with one attached hydrogen (secondary N) is 1. The van der Waals surface area contributed by atoms with Crippen molar-refractivity contribution in [2.75, 3.05) is 12.8 Å². The fraction of sp³-hybridized carbons (Fsp3) is 0.412. The van der Waals surface area contributed by atoms with Crippen LogP contribution in [0.25, 0.3) is 16.6 Å². The van der Waals surface area contributed by atoms with Crippen LogP contribution >= 0.6 is 0 Å². The SMILES string of the molecule is CCn1c2c(c3cc(F)ccc31)CCN1C2=CNC1C.CS(=O)(=O)O. The zero-order valence-electron chi connectivity index (χ0n) is 14.5. The van der Waals surface area contributed by atoms with Crippen molar-refractivity contribution in [3.05, 3.63) is 41.5 Å². The molecule has 0 bridgehead atoms. The predicted octanol–water partition coefficient (Wildman–Crippen LogP) is 2.41. The van der Waals surface area contributed by atoms with E-state index in [1.165, 1.54) is 17.0 Å². The van der Waals surface area contributed by atoms with Gasteiger partial charge in [0.2, 0.25) is 0 Å². The molecule has 136 valence electrons. The van der Waals surface area contributed by atoms with Gasteiger partial charge in [0.05, 0.1) is 23.8 Å². The molecule has 2 N–H and O–H groups in total. The molecule has 1 aromatic carbocycles. The summed E-state index contributed by atoms with van der Waals surface area (Å²) in [6, 6.07) is 5.15. The van der Waals surface area contributed by atoms with Gasteiger partial charge in [-0.1, -0.05) is 0 Å². The summed E-state index contributed by atoms with van der Waals surface area (Å²) in [6.07, 6.45) is 4.14. The van der Waals surface area contributed by atoms with Crippen LogP contribution in [0.5, 0.6) is 0 Å². The zero-order valence-corrected chi connectivity index (χ0v) is 15.3. The van der Waals surface area contributed by atoms with Crippen LogP contribution in [-0.4, -0.2) is 41.4 Å². The Bertz CT molecular complexity index is 942. The Morgan fingerprint density at radius 3 is 2.72 bits per heavy atom. The van der Waals surface area contributed by atoms with E-state index < -0.39 is 10.1 Å². The van der Waals surface area contributed by atoms with Gasteiger partial charge in [-0.25, -0.2) is 4.39 Å². The lowest BCUT2D eigenvalue weighted by molar-refractivity contribution is 0.307. The Hall–Kier alpha value is -2.06. The van der Waals surface area contributed by atoms with Crippen LogP contribution in [0.4, 0.5) is 4.39 Å². The highest BCUT2D eigenvalue weighted by Gasteiger charge is 2.32. The number of halogens is 1. The summed E-state index contributed by atoms with van der Waals surface area (Å²) in [5, 5.41) is 4.46. The van der Waals surface area contributed by atoms with Crippen LogP contribution in [0.1, 0.15) is 25.1 Å². The van der Waals surface area contributed by atoms with E-state index in [0.29, 0.717) is 12.4 Å². The van der Waals surface area contributed by atoms with Gasteiger partial charge in [0.1, 0.15) is 5.82 Å². The van der Waals surface area contributed by atoms with Gasteiger partial charge in [-0.15, -0.1) is 0 Å². The number of benzene rings is 1. The van der Waals surface area contributed by atoms with E-state index in [9.17, 15) is 12.8 Å². The molecular weight excluding hydrogens is 345 g/mol. The first-order chi connectivity index (χ1) is 11.7. The fourth-order valence-electron chi connectivity index (χ4n) is 3.60. The third-order valence-electron chi connectivity index (χ3n) is 4.53. The van der Waals surface area contributed by atoms with Crippen molar-refractivity contribution >= 4 is 26.7 Å².